The normalized spacial score (nSPS) is 11.2. The highest BCUT2D eigenvalue weighted by Crippen LogP contribution is 2.17. The molecule has 3 aromatic carbocycles. The van der Waals surface area contributed by atoms with Crippen molar-refractivity contribution in [3.63, 3.8) is 0 Å². The lowest BCUT2D eigenvalue weighted by molar-refractivity contribution is -0.118. The van der Waals surface area contributed by atoms with Gasteiger partial charge in [-0.2, -0.15) is 0 Å². The Morgan fingerprint density at radius 1 is 0.763 bits per heavy atom. The van der Waals surface area contributed by atoms with E-state index in [1.54, 1.807) is 0 Å². The highest BCUT2D eigenvalue weighted by molar-refractivity contribution is 5.97. The van der Waals surface area contributed by atoms with Crippen LogP contribution in [-0.4, -0.2) is 30.7 Å². The lowest BCUT2D eigenvalue weighted by Gasteiger charge is -2.19. The summed E-state index contributed by atoms with van der Waals surface area (Å²) >= 11 is 0. The molecule has 0 aliphatic carbocycles. The van der Waals surface area contributed by atoms with Gasteiger partial charge in [-0.15, -0.1) is 0 Å². The zero-order valence-corrected chi connectivity index (χ0v) is 21.9. The van der Waals surface area contributed by atoms with E-state index in [2.05, 4.69) is 16.0 Å². The largest absolute Gasteiger partial charge is 0.445 e. The third kappa shape index (κ3) is 9.97. The number of anilines is 1. The summed E-state index contributed by atoms with van der Waals surface area (Å²) in [5.41, 5.74) is 4.40. The van der Waals surface area contributed by atoms with E-state index in [0.29, 0.717) is 31.5 Å². The van der Waals surface area contributed by atoms with Gasteiger partial charge in [-0.25, -0.2) is 9.59 Å². The number of carbonyl (C=O) groups excluding carboxylic acids is 3. The van der Waals surface area contributed by atoms with Crippen molar-refractivity contribution in [2.45, 2.75) is 52.4 Å². The summed E-state index contributed by atoms with van der Waals surface area (Å²) in [7, 11) is 0. The Bertz CT molecular complexity index is 1190. The highest BCUT2D eigenvalue weighted by Gasteiger charge is 2.22. The minimum absolute atomic E-state index is 0.104. The average Bonchev–Trinajstić information content (AvgIpc) is 2.93. The third-order valence-electron chi connectivity index (χ3n) is 5.87. The van der Waals surface area contributed by atoms with Crippen molar-refractivity contribution in [1.29, 1.82) is 0 Å². The maximum absolute atomic E-state index is 13.1. The molecule has 200 valence electrons. The molecule has 0 saturated heterocycles. The van der Waals surface area contributed by atoms with Gasteiger partial charge in [0.2, 0.25) is 5.91 Å². The van der Waals surface area contributed by atoms with Gasteiger partial charge in [0.05, 0.1) is 0 Å². The van der Waals surface area contributed by atoms with Crippen LogP contribution >= 0.6 is 0 Å². The van der Waals surface area contributed by atoms with Crippen molar-refractivity contribution in [1.82, 2.24) is 10.6 Å². The van der Waals surface area contributed by atoms with E-state index in [1.807, 2.05) is 92.7 Å². The second kappa shape index (κ2) is 15.0. The Hall–Kier alpha value is -4.33. The van der Waals surface area contributed by atoms with E-state index in [9.17, 15) is 14.4 Å². The van der Waals surface area contributed by atoms with Crippen LogP contribution in [-0.2, 0) is 27.5 Å². The molecule has 8 heteroatoms. The Morgan fingerprint density at radius 3 is 2.00 bits per heavy atom. The lowest BCUT2D eigenvalue weighted by atomic mass is 10.1. The molecule has 8 nitrogen and oxygen atoms in total. The fourth-order valence-electron chi connectivity index (χ4n) is 3.70. The van der Waals surface area contributed by atoms with Crippen LogP contribution in [0.15, 0.2) is 78.9 Å². The quantitative estimate of drug-likeness (QED) is 0.270. The number of hydrogen-bond acceptors (Lipinski definition) is 5. The zero-order chi connectivity index (χ0) is 27.2. The first-order valence-corrected chi connectivity index (χ1v) is 12.7. The maximum atomic E-state index is 13.1. The van der Waals surface area contributed by atoms with Gasteiger partial charge >= 0.3 is 12.2 Å². The van der Waals surface area contributed by atoms with Gasteiger partial charge in [0, 0.05) is 12.2 Å². The van der Waals surface area contributed by atoms with Crippen molar-refractivity contribution in [3.05, 3.63) is 101 Å². The molecule has 1 atom stereocenters. The van der Waals surface area contributed by atoms with Crippen LogP contribution in [0.1, 0.15) is 41.5 Å². The molecule has 3 amide bonds. The number of nitrogens with one attached hydrogen (secondary N) is 3. The van der Waals surface area contributed by atoms with E-state index in [-0.39, 0.29) is 19.1 Å². The van der Waals surface area contributed by atoms with Crippen molar-refractivity contribution in [2.24, 2.45) is 0 Å². The first kappa shape index (κ1) is 28.2. The molecule has 0 saturated carbocycles. The van der Waals surface area contributed by atoms with Crippen molar-refractivity contribution < 1.29 is 23.9 Å². The topological polar surface area (TPSA) is 106 Å². The third-order valence-corrected chi connectivity index (χ3v) is 5.87. The van der Waals surface area contributed by atoms with Gasteiger partial charge in [0.1, 0.15) is 19.3 Å². The van der Waals surface area contributed by atoms with E-state index in [0.717, 1.165) is 22.3 Å². The first-order chi connectivity index (χ1) is 18.4. The number of unbranched alkanes of at least 4 members (excludes halogenated alkanes) is 1. The molecule has 0 aliphatic rings. The van der Waals surface area contributed by atoms with Crippen molar-refractivity contribution >= 4 is 23.8 Å². The SMILES string of the molecule is Cc1ccc(C)c(NC(=O)C(CCCCNC(=O)OCc2ccccc2)NC(=O)OCc2ccccc2)c1. The summed E-state index contributed by atoms with van der Waals surface area (Å²) in [4.78, 5) is 37.5. The standard InChI is InChI=1S/C30H35N3O5/c1-22-16-17-23(2)27(19-22)32-28(34)26(33-30(36)38-21-25-13-7-4-8-14-25)15-9-10-18-31-29(35)37-20-24-11-5-3-6-12-24/h3-8,11-14,16-17,19,26H,9-10,15,18,20-21H2,1-2H3,(H,31,35)(H,32,34)(H,33,36). The van der Waals surface area contributed by atoms with E-state index < -0.39 is 18.2 Å². The predicted octanol–water partition coefficient (Wildman–Crippen LogP) is 5.63. The summed E-state index contributed by atoms with van der Waals surface area (Å²) in [6.07, 6.45) is 0.396. The molecule has 0 aliphatic heterocycles. The molecule has 3 aromatic rings. The molecule has 0 aromatic heterocycles. The molecule has 0 bridgehead atoms. The zero-order valence-electron chi connectivity index (χ0n) is 21.9. The average molecular weight is 518 g/mol. The lowest BCUT2D eigenvalue weighted by Crippen LogP contribution is -2.44. The van der Waals surface area contributed by atoms with Gasteiger partial charge in [-0.05, 0) is 61.4 Å². The fourth-order valence-corrected chi connectivity index (χ4v) is 3.70. The minimum atomic E-state index is -0.803. The van der Waals surface area contributed by atoms with Crippen LogP contribution in [0.2, 0.25) is 0 Å². The molecular formula is C30H35N3O5. The van der Waals surface area contributed by atoms with E-state index in [4.69, 9.17) is 9.47 Å². The fraction of sp³-hybridized carbons (Fsp3) is 0.300. The van der Waals surface area contributed by atoms with Crippen molar-refractivity contribution in [2.75, 3.05) is 11.9 Å². The summed E-state index contributed by atoms with van der Waals surface area (Å²) in [6, 6.07) is 23.8. The number of benzene rings is 3. The number of carbonyl (C=O) groups is 3. The number of hydrogen-bond donors (Lipinski definition) is 3. The number of alkyl carbamates (subject to hydrolysis) is 2. The maximum Gasteiger partial charge on any atom is 0.408 e. The molecule has 38 heavy (non-hydrogen) atoms. The van der Waals surface area contributed by atoms with Gasteiger partial charge in [-0.1, -0.05) is 72.8 Å². The molecule has 3 rings (SSSR count). The monoisotopic (exact) mass is 517 g/mol. The highest BCUT2D eigenvalue weighted by atomic mass is 16.6. The van der Waals surface area contributed by atoms with Crippen LogP contribution in [0.25, 0.3) is 0 Å². The number of rotatable bonds is 12. The molecule has 0 radical (unpaired) electrons. The Morgan fingerprint density at radius 2 is 1.37 bits per heavy atom. The molecule has 0 heterocycles. The summed E-state index contributed by atoms with van der Waals surface area (Å²) < 4.78 is 10.5. The van der Waals surface area contributed by atoms with E-state index in [1.165, 1.54) is 0 Å². The second-order valence-corrected chi connectivity index (χ2v) is 9.05. The summed E-state index contributed by atoms with van der Waals surface area (Å²) in [6.45, 7) is 4.55. The molecule has 1 unspecified atom stereocenters. The number of ether oxygens (including phenoxy) is 2. The van der Waals surface area contributed by atoms with Gasteiger partial charge in [0.15, 0.2) is 0 Å². The van der Waals surface area contributed by atoms with Crippen LogP contribution < -0.4 is 16.0 Å². The molecule has 0 fully saturated rings. The Kier molecular flexibility index (Phi) is 11.2. The molecular weight excluding hydrogens is 482 g/mol. The van der Waals surface area contributed by atoms with Gasteiger partial charge in [0.25, 0.3) is 0 Å². The Balaban J connectivity index is 1.48. The Labute approximate surface area is 223 Å². The number of amides is 3. The summed E-state index contributed by atoms with van der Waals surface area (Å²) in [5.74, 6) is -0.328. The van der Waals surface area contributed by atoms with Crippen LogP contribution in [0.4, 0.5) is 15.3 Å². The van der Waals surface area contributed by atoms with Gasteiger partial charge in [-0.3, -0.25) is 4.79 Å². The van der Waals surface area contributed by atoms with Crippen LogP contribution in [0.3, 0.4) is 0 Å². The van der Waals surface area contributed by atoms with Crippen LogP contribution in [0.5, 0.6) is 0 Å². The number of aryl methyl sites for hydroxylation is 2. The first-order valence-electron chi connectivity index (χ1n) is 12.7. The smallest absolute Gasteiger partial charge is 0.408 e. The second-order valence-electron chi connectivity index (χ2n) is 9.05. The summed E-state index contributed by atoms with van der Waals surface area (Å²) in [5, 5.41) is 8.33. The van der Waals surface area contributed by atoms with Gasteiger partial charge < -0.3 is 25.4 Å². The minimum Gasteiger partial charge on any atom is -0.445 e. The van der Waals surface area contributed by atoms with Crippen LogP contribution in [0, 0.1) is 13.8 Å². The predicted molar refractivity (Wildman–Crippen MR) is 147 cm³/mol. The van der Waals surface area contributed by atoms with Crippen molar-refractivity contribution in [3.8, 4) is 0 Å². The molecule has 3 N–H and O–H groups in total. The molecule has 0 spiro atoms. The van der Waals surface area contributed by atoms with E-state index >= 15 is 0 Å².